The Labute approximate surface area is 206 Å². The zero-order valence-electron chi connectivity index (χ0n) is 17.2. The lowest BCUT2D eigenvalue weighted by Gasteiger charge is -2.13. The Morgan fingerprint density at radius 2 is 1.64 bits per heavy atom. The Balaban J connectivity index is 1.28. The quantitative estimate of drug-likeness (QED) is 0.309. The van der Waals surface area contributed by atoms with Crippen molar-refractivity contribution in [3.8, 4) is 5.75 Å². The van der Waals surface area contributed by atoms with Crippen LogP contribution < -0.4 is 4.74 Å². The van der Waals surface area contributed by atoms with Gasteiger partial charge < -0.3 is 9.84 Å². The number of carboxylic acids is 1. The smallest absolute Gasteiger partial charge is 0.335 e. The van der Waals surface area contributed by atoms with Crippen LogP contribution >= 0.6 is 31.9 Å². The van der Waals surface area contributed by atoms with E-state index in [-0.39, 0.29) is 47.7 Å². The number of carboxylic acid groups (broad SMARTS) is 1. The fraction of sp³-hybridized carbons (Fsp3) is 0.250. The first-order valence-electron chi connectivity index (χ1n) is 10.4. The lowest BCUT2D eigenvalue weighted by Crippen LogP contribution is -2.28. The maximum absolute atomic E-state index is 12.8. The Hall–Kier alpha value is -2.78. The molecule has 7 nitrogen and oxygen atoms in total. The molecule has 5 rings (SSSR count). The highest BCUT2D eigenvalue weighted by atomic mass is 79.9. The van der Waals surface area contributed by atoms with Gasteiger partial charge in [0.15, 0.2) is 0 Å². The first-order chi connectivity index (χ1) is 15.8. The zero-order valence-corrected chi connectivity index (χ0v) is 20.3. The van der Waals surface area contributed by atoms with Gasteiger partial charge in [0, 0.05) is 0 Å². The van der Waals surface area contributed by atoms with Crippen LogP contribution in [0, 0.1) is 23.7 Å². The second kappa shape index (κ2) is 8.53. The minimum atomic E-state index is -0.977. The average Bonchev–Trinajstić information content (AvgIpc) is 3.46. The molecule has 2 aromatic rings. The molecule has 1 N–H and O–H groups in total. The number of benzene rings is 2. The molecule has 3 aliphatic rings. The fourth-order valence-corrected chi connectivity index (χ4v) is 6.27. The van der Waals surface area contributed by atoms with Gasteiger partial charge in [-0.25, -0.2) is 4.79 Å². The minimum Gasteiger partial charge on any atom is -0.487 e. The maximum Gasteiger partial charge on any atom is 0.335 e. The molecule has 0 unspecified atom stereocenters. The zero-order chi connectivity index (χ0) is 23.3. The topological polar surface area (TPSA) is 96.3 Å². The first kappa shape index (κ1) is 22.0. The molecule has 2 fully saturated rings. The number of imide groups is 1. The lowest BCUT2D eigenvalue weighted by molar-refractivity contribution is -0.140. The molecular weight excluding hydrogens is 556 g/mol. The summed E-state index contributed by atoms with van der Waals surface area (Å²) in [7, 11) is 0. The summed E-state index contributed by atoms with van der Waals surface area (Å²) < 4.78 is 7.22. The van der Waals surface area contributed by atoms with Crippen LogP contribution in [0.4, 0.5) is 0 Å². The molecule has 1 saturated heterocycles. The number of aromatic carboxylic acids is 1. The van der Waals surface area contributed by atoms with Crippen LogP contribution in [0.25, 0.3) is 0 Å². The van der Waals surface area contributed by atoms with Crippen LogP contribution in [0.2, 0.25) is 0 Å². The predicted octanol–water partition coefficient (Wildman–Crippen LogP) is 4.63. The molecule has 33 heavy (non-hydrogen) atoms. The number of rotatable bonds is 6. The minimum absolute atomic E-state index is 0.150. The standard InChI is InChI=1S/C24H18Br2N2O5/c25-17-7-13(8-18(26)21(17)33-11-12-1-3-14(4-2-12)24(31)32)10-27-28-22(29)19-15-5-6-16(9-15)20(19)23(28)30/h1-8,10,15-16,19-20H,9,11H2,(H,31,32)/t15-,16-,19-,20+/m0/s1. The summed E-state index contributed by atoms with van der Waals surface area (Å²) in [6.45, 7) is 0.250. The number of fused-ring (bicyclic) bond motifs is 5. The van der Waals surface area contributed by atoms with Crippen LogP contribution in [0.1, 0.15) is 27.9 Å². The van der Waals surface area contributed by atoms with E-state index in [9.17, 15) is 14.4 Å². The van der Waals surface area contributed by atoms with Gasteiger partial charge in [-0.2, -0.15) is 10.1 Å². The molecule has 0 radical (unpaired) electrons. The molecule has 2 bridgehead atoms. The van der Waals surface area contributed by atoms with Gasteiger partial charge in [0.25, 0.3) is 11.8 Å². The average molecular weight is 574 g/mol. The summed E-state index contributed by atoms with van der Waals surface area (Å²) in [6, 6.07) is 10.0. The van der Waals surface area contributed by atoms with E-state index in [1.165, 1.54) is 18.3 Å². The Bertz CT molecular complexity index is 1170. The van der Waals surface area contributed by atoms with Gasteiger partial charge in [-0.3, -0.25) is 9.59 Å². The van der Waals surface area contributed by atoms with E-state index in [2.05, 4.69) is 49.1 Å². The molecule has 0 spiro atoms. The van der Waals surface area contributed by atoms with E-state index in [1.54, 1.807) is 24.3 Å². The fourth-order valence-electron chi connectivity index (χ4n) is 4.82. The van der Waals surface area contributed by atoms with Gasteiger partial charge in [0.05, 0.1) is 32.6 Å². The molecular formula is C24H18Br2N2O5. The molecule has 1 aliphatic heterocycles. The SMILES string of the molecule is O=C(O)c1ccc(COc2c(Br)cc(C=NN3C(=O)[C@@H]4[C@H](C3=O)[C@H]3C=C[C@H]4C3)cc2Br)cc1. The number of hydrogen-bond acceptors (Lipinski definition) is 5. The molecule has 2 aliphatic carbocycles. The van der Waals surface area contributed by atoms with Crippen molar-refractivity contribution in [3.05, 3.63) is 74.2 Å². The van der Waals surface area contributed by atoms with E-state index < -0.39 is 5.97 Å². The van der Waals surface area contributed by atoms with E-state index in [1.807, 2.05) is 0 Å². The summed E-state index contributed by atoms with van der Waals surface area (Å²) in [5, 5.41) is 14.2. The highest BCUT2D eigenvalue weighted by molar-refractivity contribution is 9.11. The van der Waals surface area contributed by atoms with Gasteiger partial charge >= 0.3 is 5.97 Å². The van der Waals surface area contributed by atoms with Crippen LogP contribution in [-0.2, 0) is 16.2 Å². The van der Waals surface area contributed by atoms with Gasteiger partial charge in [-0.05, 0) is 85.5 Å². The van der Waals surface area contributed by atoms with Crippen molar-refractivity contribution in [1.29, 1.82) is 0 Å². The van der Waals surface area contributed by atoms with Crippen molar-refractivity contribution < 1.29 is 24.2 Å². The van der Waals surface area contributed by atoms with Crippen LogP contribution in [0.15, 0.2) is 62.6 Å². The number of carbonyl (C=O) groups is 3. The van der Waals surface area contributed by atoms with Gasteiger partial charge in [0.2, 0.25) is 0 Å². The van der Waals surface area contributed by atoms with Crippen molar-refractivity contribution in [2.75, 3.05) is 0 Å². The molecule has 1 saturated carbocycles. The second-order valence-corrected chi connectivity index (χ2v) is 10.0. The lowest BCUT2D eigenvalue weighted by atomic mass is 9.85. The third kappa shape index (κ3) is 3.93. The molecule has 9 heteroatoms. The monoisotopic (exact) mass is 572 g/mol. The summed E-state index contributed by atoms with van der Waals surface area (Å²) in [5.74, 6) is -1.09. The van der Waals surface area contributed by atoms with Crippen LogP contribution in [0.3, 0.4) is 0 Å². The van der Waals surface area contributed by atoms with Crippen molar-refractivity contribution in [2.24, 2.45) is 28.8 Å². The number of allylic oxidation sites excluding steroid dienone is 2. The molecule has 0 aromatic heterocycles. The van der Waals surface area contributed by atoms with Crippen LogP contribution in [0.5, 0.6) is 5.75 Å². The van der Waals surface area contributed by atoms with E-state index in [4.69, 9.17) is 9.84 Å². The van der Waals surface area contributed by atoms with Crippen molar-refractivity contribution >= 4 is 55.9 Å². The van der Waals surface area contributed by atoms with Crippen molar-refractivity contribution in [2.45, 2.75) is 13.0 Å². The number of hydrazone groups is 1. The van der Waals surface area contributed by atoms with Crippen molar-refractivity contribution in [1.82, 2.24) is 5.01 Å². The van der Waals surface area contributed by atoms with E-state index in [0.29, 0.717) is 20.3 Å². The maximum atomic E-state index is 12.8. The molecule has 1 heterocycles. The van der Waals surface area contributed by atoms with E-state index >= 15 is 0 Å². The summed E-state index contributed by atoms with van der Waals surface area (Å²) >= 11 is 6.99. The summed E-state index contributed by atoms with van der Waals surface area (Å²) in [6.07, 6.45) is 6.49. The predicted molar refractivity (Wildman–Crippen MR) is 127 cm³/mol. The largest absolute Gasteiger partial charge is 0.487 e. The molecule has 2 aromatic carbocycles. The summed E-state index contributed by atoms with van der Waals surface area (Å²) in [4.78, 5) is 36.5. The number of ether oxygens (including phenoxy) is 1. The summed E-state index contributed by atoms with van der Waals surface area (Å²) in [5.41, 5.74) is 1.72. The number of hydrogen-bond donors (Lipinski definition) is 1. The van der Waals surface area contributed by atoms with E-state index in [0.717, 1.165) is 17.0 Å². The number of amides is 2. The normalized spacial score (nSPS) is 25.3. The molecule has 168 valence electrons. The highest BCUT2D eigenvalue weighted by Crippen LogP contribution is 2.52. The highest BCUT2D eigenvalue weighted by Gasteiger charge is 2.59. The second-order valence-electron chi connectivity index (χ2n) is 8.34. The number of halogens is 2. The Kier molecular flexibility index (Phi) is 5.70. The number of nitrogens with zero attached hydrogens (tertiary/aromatic N) is 2. The first-order valence-corrected chi connectivity index (χ1v) is 12.0. The Morgan fingerprint density at radius 1 is 1.06 bits per heavy atom. The molecule has 4 atom stereocenters. The molecule has 2 amide bonds. The third-order valence-electron chi connectivity index (χ3n) is 6.37. The number of carbonyl (C=O) groups excluding carboxylic acids is 2. The van der Waals surface area contributed by atoms with Gasteiger partial charge in [-0.15, -0.1) is 0 Å². The van der Waals surface area contributed by atoms with Crippen LogP contribution in [-0.4, -0.2) is 34.1 Å². The van der Waals surface area contributed by atoms with Gasteiger partial charge in [-0.1, -0.05) is 24.3 Å². The van der Waals surface area contributed by atoms with Gasteiger partial charge in [0.1, 0.15) is 12.4 Å². The van der Waals surface area contributed by atoms with Crippen molar-refractivity contribution in [3.63, 3.8) is 0 Å². The Morgan fingerprint density at radius 3 is 2.18 bits per heavy atom. The third-order valence-corrected chi connectivity index (χ3v) is 7.55.